The van der Waals surface area contributed by atoms with Crippen molar-refractivity contribution in [2.24, 2.45) is 0 Å². The van der Waals surface area contributed by atoms with Crippen LogP contribution in [0.5, 0.6) is 5.75 Å². The fourth-order valence-electron chi connectivity index (χ4n) is 2.51. The highest BCUT2D eigenvalue weighted by atomic mass is 16.5. The largest absolute Gasteiger partial charge is 0.497 e. The van der Waals surface area contributed by atoms with E-state index in [-0.39, 0.29) is 0 Å². The van der Waals surface area contributed by atoms with Gasteiger partial charge in [0.2, 0.25) is 0 Å². The van der Waals surface area contributed by atoms with Crippen molar-refractivity contribution >= 4 is 0 Å². The van der Waals surface area contributed by atoms with Crippen molar-refractivity contribution in [3.63, 3.8) is 0 Å². The molecule has 0 saturated heterocycles. The molecule has 2 aromatic carbocycles. The van der Waals surface area contributed by atoms with Crippen LogP contribution in [-0.4, -0.2) is 12.2 Å². The molecular formula is C18H22O2. The van der Waals surface area contributed by atoms with E-state index in [1.807, 2.05) is 38.1 Å². The van der Waals surface area contributed by atoms with E-state index < -0.39 is 5.60 Å². The molecular weight excluding hydrogens is 248 g/mol. The minimum absolute atomic E-state index is 0.808. The first-order chi connectivity index (χ1) is 9.36. The minimum Gasteiger partial charge on any atom is -0.497 e. The monoisotopic (exact) mass is 270 g/mol. The van der Waals surface area contributed by atoms with Gasteiger partial charge in [0.25, 0.3) is 0 Å². The van der Waals surface area contributed by atoms with E-state index in [1.54, 1.807) is 7.11 Å². The Morgan fingerprint density at radius 2 is 1.60 bits per heavy atom. The summed E-state index contributed by atoms with van der Waals surface area (Å²) in [6.07, 6.45) is 0. The molecule has 2 nitrogen and oxygen atoms in total. The molecule has 0 radical (unpaired) electrons. The van der Waals surface area contributed by atoms with Crippen LogP contribution in [0.15, 0.2) is 36.4 Å². The lowest BCUT2D eigenvalue weighted by molar-refractivity contribution is 0.101. The predicted octanol–water partition coefficient (Wildman–Crippen LogP) is 3.88. The first-order valence-corrected chi connectivity index (χ1v) is 6.81. The standard InChI is InChI=1S/C18H22O2/c1-12-6-7-15(10-13(12)2)18(4,19)17-9-8-16(20-5)11-14(17)3/h6-11,19H,1-5H3. The average Bonchev–Trinajstić information content (AvgIpc) is 2.41. The van der Waals surface area contributed by atoms with Gasteiger partial charge in [0.15, 0.2) is 0 Å². The number of aryl methyl sites for hydroxylation is 3. The second-order valence-electron chi connectivity index (χ2n) is 5.55. The van der Waals surface area contributed by atoms with Gasteiger partial charge in [-0.05, 0) is 67.6 Å². The van der Waals surface area contributed by atoms with E-state index in [0.717, 1.165) is 22.4 Å². The number of methoxy groups -OCH3 is 1. The third-order valence-corrected chi connectivity index (χ3v) is 4.03. The predicted molar refractivity (Wildman–Crippen MR) is 82.3 cm³/mol. The van der Waals surface area contributed by atoms with Gasteiger partial charge >= 0.3 is 0 Å². The smallest absolute Gasteiger partial charge is 0.119 e. The van der Waals surface area contributed by atoms with Crippen LogP contribution in [0, 0.1) is 20.8 Å². The van der Waals surface area contributed by atoms with Crippen LogP contribution in [0.4, 0.5) is 0 Å². The topological polar surface area (TPSA) is 29.5 Å². The van der Waals surface area contributed by atoms with Gasteiger partial charge in [-0.1, -0.05) is 24.3 Å². The highest BCUT2D eigenvalue weighted by Crippen LogP contribution is 2.33. The fourth-order valence-corrected chi connectivity index (χ4v) is 2.51. The van der Waals surface area contributed by atoms with Crippen molar-refractivity contribution in [2.75, 3.05) is 7.11 Å². The lowest BCUT2D eigenvalue weighted by Gasteiger charge is -2.27. The van der Waals surface area contributed by atoms with Crippen LogP contribution < -0.4 is 4.74 Å². The molecule has 0 aliphatic carbocycles. The second-order valence-corrected chi connectivity index (χ2v) is 5.55. The molecule has 1 unspecified atom stereocenters. The van der Waals surface area contributed by atoms with E-state index in [1.165, 1.54) is 11.1 Å². The summed E-state index contributed by atoms with van der Waals surface area (Å²) in [7, 11) is 1.65. The zero-order valence-corrected chi connectivity index (χ0v) is 12.8. The van der Waals surface area contributed by atoms with Crippen molar-refractivity contribution in [1.82, 2.24) is 0 Å². The molecule has 2 aromatic rings. The molecule has 0 amide bonds. The summed E-state index contributed by atoms with van der Waals surface area (Å²) in [6.45, 7) is 7.97. The fraction of sp³-hybridized carbons (Fsp3) is 0.333. The molecule has 20 heavy (non-hydrogen) atoms. The van der Waals surface area contributed by atoms with Gasteiger partial charge in [-0.3, -0.25) is 0 Å². The summed E-state index contributed by atoms with van der Waals surface area (Å²) in [5, 5.41) is 11.0. The Kier molecular flexibility index (Phi) is 3.87. The Morgan fingerprint density at radius 3 is 2.15 bits per heavy atom. The molecule has 0 bridgehead atoms. The Labute approximate surface area is 121 Å². The van der Waals surface area contributed by atoms with E-state index in [2.05, 4.69) is 26.0 Å². The van der Waals surface area contributed by atoms with E-state index in [4.69, 9.17) is 4.74 Å². The maximum Gasteiger partial charge on any atom is 0.119 e. The Morgan fingerprint density at radius 1 is 0.900 bits per heavy atom. The molecule has 106 valence electrons. The van der Waals surface area contributed by atoms with Crippen molar-refractivity contribution in [2.45, 2.75) is 33.3 Å². The summed E-state index contributed by atoms with van der Waals surface area (Å²) in [5.41, 5.74) is 4.25. The number of rotatable bonds is 3. The molecule has 1 N–H and O–H groups in total. The summed E-state index contributed by atoms with van der Waals surface area (Å²) < 4.78 is 5.22. The highest BCUT2D eigenvalue weighted by molar-refractivity contribution is 5.45. The lowest BCUT2D eigenvalue weighted by Crippen LogP contribution is -2.24. The summed E-state index contributed by atoms with van der Waals surface area (Å²) in [4.78, 5) is 0. The minimum atomic E-state index is -1.01. The molecule has 1 atom stereocenters. The van der Waals surface area contributed by atoms with Gasteiger partial charge in [0.05, 0.1) is 7.11 Å². The van der Waals surface area contributed by atoms with Gasteiger partial charge in [0.1, 0.15) is 11.4 Å². The van der Waals surface area contributed by atoms with Crippen molar-refractivity contribution in [1.29, 1.82) is 0 Å². The Hall–Kier alpha value is -1.80. The highest BCUT2D eigenvalue weighted by Gasteiger charge is 2.27. The SMILES string of the molecule is COc1ccc(C(C)(O)c2ccc(C)c(C)c2)c(C)c1. The van der Waals surface area contributed by atoms with Gasteiger partial charge < -0.3 is 9.84 Å². The Balaban J connectivity index is 2.51. The van der Waals surface area contributed by atoms with Gasteiger partial charge in [-0.2, -0.15) is 0 Å². The average molecular weight is 270 g/mol. The summed E-state index contributed by atoms with van der Waals surface area (Å²) in [6, 6.07) is 11.9. The number of aliphatic hydroxyl groups is 1. The number of hydrogen-bond donors (Lipinski definition) is 1. The van der Waals surface area contributed by atoms with Crippen molar-refractivity contribution < 1.29 is 9.84 Å². The molecule has 2 rings (SSSR count). The third kappa shape index (κ3) is 2.56. The van der Waals surface area contributed by atoms with Crippen LogP contribution in [0.1, 0.15) is 34.7 Å². The van der Waals surface area contributed by atoms with E-state index in [0.29, 0.717) is 0 Å². The number of hydrogen-bond acceptors (Lipinski definition) is 2. The number of benzene rings is 2. The maximum atomic E-state index is 11.0. The van der Waals surface area contributed by atoms with Gasteiger partial charge in [0, 0.05) is 0 Å². The maximum absolute atomic E-state index is 11.0. The van der Waals surface area contributed by atoms with Crippen LogP contribution >= 0.6 is 0 Å². The van der Waals surface area contributed by atoms with Crippen LogP contribution in [-0.2, 0) is 5.60 Å². The van der Waals surface area contributed by atoms with Crippen molar-refractivity contribution in [3.8, 4) is 5.75 Å². The normalized spacial score (nSPS) is 13.9. The molecule has 0 aromatic heterocycles. The zero-order valence-electron chi connectivity index (χ0n) is 12.8. The van der Waals surface area contributed by atoms with Crippen LogP contribution in [0.2, 0.25) is 0 Å². The molecule has 0 aliphatic rings. The van der Waals surface area contributed by atoms with E-state index >= 15 is 0 Å². The molecule has 0 saturated carbocycles. The Bertz CT molecular complexity index is 627. The van der Waals surface area contributed by atoms with E-state index in [9.17, 15) is 5.11 Å². The molecule has 2 heteroatoms. The first-order valence-electron chi connectivity index (χ1n) is 6.81. The van der Waals surface area contributed by atoms with Crippen LogP contribution in [0.3, 0.4) is 0 Å². The molecule has 0 heterocycles. The lowest BCUT2D eigenvalue weighted by atomic mass is 9.84. The van der Waals surface area contributed by atoms with Crippen molar-refractivity contribution in [3.05, 3.63) is 64.2 Å². The quantitative estimate of drug-likeness (QED) is 0.917. The molecule has 0 spiro atoms. The first kappa shape index (κ1) is 14.6. The van der Waals surface area contributed by atoms with Gasteiger partial charge in [-0.25, -0.2) is 0 Å². The molecule has 0 aliphatic heterocycles. The summed E-state index contributed by atoms with van der Waals surface area (Å²) >= 11 is 0. The molecule has 0 fully saturated rings. The number of ether oxygens (including phenoxy) is 1. The second kappa shape index (κ2) is 5.29. The van der Waals surface area contributed by atoms with Crippen LogP contribution in [0.25, 0.3) is 0 Å². The summed E-state index contributed by atoms with van der Waals surface area (Å²) in [5.74, 6) is 0.808. The zero-order chi connectivity index (χ0) is 14.9. The van der Waals surface area contributed by atoms with Gasteiger partial charge in [-0.15, -0.1) is 0 Å². The third-order valence-electron chi connectivity index (χ3n) is 4.03.